The van der Waals surface area contributed by atoms with Crippen molar-refractivity contribution < 1.29 is 9.84 Å². The first-order valence-electron chi connectivity index (χ1n) is 4.92. The Bertz CT molecular complexity index is 305. The molecule has 0 saturated heterocycles. The van der Waals surface area contributed by atoms with Crippen LogP contribution in [0.4, 0.5) is 0 Å². The van der Waals surface area contributed by atoms with Crippen molar-refractivity contribution in [1.29, 1.82) is 0 Å². The summed E-state index contributed by atoms with van der Waals surface area (Å²) in [5.41, 5.74) is 1.12. The summed E-state index contributed by atoms with van der Waals surface area (Å²) in [6.07, 6.45) is 0.774. The highest BCUT2D eigenvalue weighted by Crippen LogP contribution is 2.22. The first-order valence-corrected chi connectivity index (χ1v) is 5.71. The van der Waals surface area contributed by atoms with E-state index in [2.05, 4.69) is 21.2 Å². The van der Waals surface area contributed by atoms with Crippen molar-refractivity contribution in [2.45, 2.75) is 13.0 Å². The molecule has 0 aliphatic heterocycles. The zero-order valence-corrected chi connectivity index (χ0v) is 10.4. The van der Waals surface area contributed by atoms with Gasteiger partial charge in [-0.3, -0.25) is 0 Å². The highest BCUT2D eigenvalue weighted by molar-refractivity contribution is 9.10. The second-order valence-corrected chi connectivity index (χ2v) is 4.13. The lowest BCUT2D eigenvalue weighted by Crippen LogP contribution is -2.16. The standard InChI is InChI=1S/C11H16BrNO2/c1-15-11-4-3-10(12)7-9(11)8-13-5-2-6-14/h3-4,7,13-14H,2,5-6,8H2,1H3. The third kappa shape index (κ3) is 4.20. The number of hydrogen-bond donors (Lipinski definition) is 2. The molecule has 0 amide bonds. The number of hydrogen-bond acceptors (Lipinski definition) is 3. The molecule has 1 aromatic carbocycles. The summed E-state index contributed by atoms with van der Waals surface area (Å²) in [5.74, 6) is 0.884. The number of halogens is 1. The van der Waals surface area contributed by atoms with Gasteiger partial charge in [0.25, 0.3) is 0 Å². The maximum absolute atomic E-state index is 8.64. The molecule has 0 unspecified atom stereocenters. The van der Waals surface area contributed by atoms with Crippen molar-refractivity contribution in [3.63, 3.8) is 0 Å². The van der Waals surface area contributed by atoms with Crippen LogP contribution in [0.1, 0.15) is 12.0 Å². The Hall–Kier alpha value is -0.580. The maximum atomic E-state index is 8.64. The van der Waals surface area contributed by atoms with Crippen molar-refractivity contribution in [3.8, 4) is 5.75 Å². The van der Waals surface area contributed by atoms with E-state index in [-0.39, 0.29) is 6.61 Å². The van der Waals surface area contributed by atoms with Gasteiger partial charge >= 0.3 is 0 Å². The second-order valence-electron chi connectivity index (χ2n) is 3.21. The van der Waals surface area contributed by atoms with Gasteiger partial charge in [0.15, 0.2) is 0 Å². The summed E-state index contributed by atoms with van der Waals surface area (Å²) in [5, 5.41) is 11.9. The van der Waals surface area contributed by atoms with Crippen LogP contribution in [0.3, 0.4) is 0 Å². The molecule has 84 valence electrons. The summed E-state index contributed by atoms with van der Waals surface area (Å²) in [4.78, 5) is 0. The third-order valence-corrected chi connectivity index (χ3v) is 2.56. The van der Waals surface area contributed by atoms with Gasteiger partial charge in [-0.05, 0) is 31.2 Å². The van der Waals surface area contributed by atoms with Crippen molar-refractivity contribution in [2.24, 2.45) is 0 Å². The van der Waals surface area contributed by atoms with Crippen molar-refractivity contribution >= 4 is 15.9 Å². The van der Waals surface area contributed by atoms with E-state index in [1.807, 2.05) is 18.2 Å². The van der Waals surface area contributed by atoms with Crippen LogP contribution in [0.5, 0.6) is 5.75 Å². The average molecular weight is 274 g/mol. The van der Waals surface area contributed by atoms with Crippen LogP contribution in [0.25, 0.3) is 0 Å². The summed E-state index contributed by atoms with van der Waals surface area (Å²) in [6, 6.07) is 5.92. The number of nitrogens with one attached hydrogen (secondary N) is 1. The van der Waals surface area contributed by atoms with E-state index >= 15 is 0 Å². The molecule has 1 aromatic rings. The highest BCUT2D eigenvalue weighted by Gasteiger charge is 2.02. The van der Waals surface area contributed by atoms with Gasteiger partial charge in [0, 0.05) is 23.2 Å². The monoisotopic (exact) mass is 273 g/mol. The van der Waals surface area contributed by atoms with Gasteiger partial charge in [0.2, 0.25) is 0 Å². The predicted molar refractivity (Wildman–Crippen MR) is 64.1 cm³/mol. The normalized spacial score (nSPS) is 10.3. The molecule has 0 aromatic heterocycles. The Labute approximate surface area is 98.6 Å². The second kappa shape index (κ2) is 6.82. The highest BCUT2D eigenvalue weighted by atomic mass is 79.9. The van der Waals surface area contributed by atoms with Gasteiger partial charge in [0.05, 0.1) is 7.11 Å². The Morgan fingerprint density at radius 1 is 1.47 bits per heavy atom. The lowest BCUT2D eigenvalue weighted by molar-refractivity contribution is 0.286. The fourth-order valence-electron chi connectivity index (χ4n) is 1.31. The number of aliphatic hydroxyl groups is 1. The molecule has 1 rings (SSSR count). The summed E-state index contributed by atoms with van der Waals surface area (Å²) < 4.78 is 6.29. The van der Waals surface area contributed by atoms with E-state index in [1.54, 1.807) is 7.11 Å². The third-order valence-electron chi connectivity index (χ3n) is 2.07. The first-order chi connectivity index (χ1) is 7.27. The van der Waals surface area contributed by atoms with Gasteiger partial charge in [-0.25, -0.2) is 0 Å². The maximum Gasteiger partial charge on any atom is 0.123 e. The van der Waals surface area contributed by atoms with E-state index in [0.29, 0.717) is 0 Å². The van der Waals surface area contributed by atoms with E-state index in [9.17, 15) is 0 Å². The zero-order chi connectivity index (χ0) is 11.1. The van der Waals surface area contributed by atoms with Crippen LogP contribution in [0.15, 0.2) is 22.7 Å². The Morgan fingerprint density at radius 2 is 2.27 bits per heavy atom. The topological polar surface area (TPSA) is 41.5 Å². The quantitative estimate of drug-likeness (QED) is 0.779. The predicted octanol–water partition coefficient (Wildman–Crippen LogP) is 1.93. The van der Waals surface area contributed by atoms with Crippen LogP contribution < -0.4 is 10.1 Å². The Kier molecular flexibility index (Phi) is 5.68. The fraction of sp³-hybridized carbons (Fsp3) is 0.455. The van der Waals surface area contributed by atoms with Gasteiger partial charge in [0.1, 0.15) is 5.75 Å². The number of benzene rings is 1. The zero-order valence-electron chi connectivity index (χ0n) is 8.79. The molecule has 4 heteroatoms. The summed E-state index contributed by atoms with van der Waals surface area (Å²) in [7, 11) is 1.67. The molecule has 3 nitrogen and oxygen atoms in total. The van der Waals surface area contributed by atoms with E-state index in [1.165, 1.54) is 0 Å². The van der Waals surface area contributed by atoms with Crippen molar-refractivity contribution in [2.75, 3.05) is 20.3 Å². The van der Waals surface area contributed by atoms with Gasteiger partial charge in [-0.2, -0.15) is 0 Å². The molecule has 0 radical (unpaired) electrons. The molecular weight excluding hydrogens is 258 g/mol. The van der Waals surface area contributed by atoms with Gasteiger partial charge in [-0.1, -0.05) is 15.9 Å². The number of aliphatic hydroxyl groups excluding tert-OH is 1. The van der Waals surface area contributed by atoms with Crippen LogP contribution >= 0.6 is 15.9 Å². The first kappa shape index (κ1) is 12.5. The summed E-state index contributed by atoms with van der Waals surface area (Å²) >= 11 is 3.42. The molecule has 0 spiro atoms. The van der Waals surface area contributed by atoms with Gasteiger partial charge < -0.3 is 15.2 Å². The SMILES string of the molecule is COc1ccc(Br)cc1CNCCCO. The van der Waals surface area contributed by atoms with Crippen molar-refractivity contribution in [1.82, 2.24) is 5.32 Å². The number of ether oxygens (including phenoxy) is 1. The van der Waals surface area contributed by atoms with E-state index in [0.717, 1.165) is 35.3 Å². The van der Waals surface area contributed by atoms with Crippen LogP contribution in [-0.4, -0.2) is 25.4 Å². The average Bonchev–Trinajstić information content (AvgIpc) is 2.25. The molecule has 0 bridgehead atoms. The van der Waals surface area contributed by atoms with E-state index in [4.69, 9.17) is 9.84 Å². The molecule has 2 N–H and O–H groups in total. The lowest BCUT2D eigenvalue weighted by Gasteiger charge is -2.09. The Morgan fingerprint density at radius 3 is 2.93 bits per heavy atom. The number of rotatable bonds is 6. The molecular formula is C11H16BrNO2. The van der Waals surface area contributed by atoms with Crippen LogP contribution in [0, 0.1) is 0 Å². The molecule has 0 aliphatic carbocycles. The van der Waals surface area contributed by atoms with Crippen molar-refractivity contribution in [3.05, 3.63) is 28.2 Å². The molecule has 0 heterocycles. The molecule has 0 atom stereocenters. The van der Waals surface area contributed by atoms with E-state index < -0.39 is 0 Å². The molecule has 0 saturated carbocycles. The van der Waals surface area contributed by atoms with Crippen LogP contribution in [0.2, 0.25) is 0 Å². The molecule has 0 aliphatic rings. The fourth-order valence-corrected chi connectivity index (χ4v) is 1.72. The molecule has 0 fully saturated rings. The summed E-state index contributed by atoms with van der Waals surface area (Å²) in [6.45, 7) is 1.79. The van der Waals surface area contributed by atoms with Gasteiger partial charge in [-0.15, -0.1) is 0 Å². The minimum Gasteiger partial charge on any atom is -0.496 e. The Balaban J connectivity index is 2.54. The largest absolute Gasteiger partial charge is 0.496 e. The minimum atomic E-state index is 0.225. The lowest BCUT2D eigenvalue weighted by atomic mass is 10.2. The smallest absolute Gasteiger partial charge is 0.123 e. The molecule has 15 heavy (non-hydrogen) atoms. The minimum absolute atomic E-state index is 0.225. The van der Waals surface area contributed by atoms with Crippen LogP contribution in [-0.2, 0) is 6.54 Å². The number of methoxy groups -OCH3 is 1.